The first-order valence-corrected chi connectivity index (χ1v) is 8.14. The van der Waals surface area contributed by atoms with E-state index in [9.17, 15) is 27.6 Å². The Hall–Kier alpha value is -3.36. The Morgan fingerprint density at radius 3 is 2.39 bits per heavy atom. The van der Waals surface area contributed by atoms with E-state index >= 15 is 0 Å². The molecule has 146 valence electrons. The molecule has 1 aliphatic rings. The van der Waals surface area contributed by atoms with Crippen molar-refractivity contribution in [3.63, 3.8) is 0 Å². The number of benzene rings is 2. The van der Waals surface area contributed by atoms with Gasteiger partial charge in [0.15, 0.2) is 0 Å². The van der Waals surface area contributed by atoms with E-state index in [-0.39, 0.29) is 28.8 Å². The Balaban J connectivity index is 1.82. The van der Waals surface area contributed by atoms with E-state index in [1.165, 1.54) is 55.4 Å². The van der Waals surface area contributed by atoms with E-state index in [1.54, 1.807) is 0 Å². The SMILES string of the molecule is CN(Cc1ccccc1OC(F)(F)F)C(=O)c1ccc2c(c1)C(=O)N(C)C2=O. The topological polar surface area (TPSA) is 66.9 Å². The summed E-state index contributed by atoms with van der Waals surface area (Å²) in [5, 5.41) is 0. The largest absolute Gasteiger partial charge is 0.573 e. The highest BCUT2D eigenvalue weighted by Crippen LogP contribution is 2.28. The van der Waals surface area contributed by atoms with Crippen molar-refractivity contribution in [1.82, 2.24) is 9.80 Å². The first kappa shape index (κ1) is 19.4. The molecule has 28 heavy (non-hydrogen) atoms. The van der Waals surface area contributed by atoms with Crippen molar-refractivity contribution in [2.24, 2.45) is 0 Å². The van der Waals surface area contributed by atoms with E-state index in [1.807, 2.05) is 0 Å². The molecule has 0 spiro atoms. The zero-order chi connectivity index (χ0) is 20.6. The monoisotopic (exact) mass is 392 g/mol. The first-order valence-electron chi connectivity index (χ1n) is 8.14. The second-order valence-electron chi connectivity index (χ2n) is 6.25. The van der Waals surface area contributed by atoms with E-state index in [0.29, 0.717) is 0 Å². The van der Waals surface area contributed by atoms with Crippen molar-refractivity contribution in [1.29, 1.82) is 0 Å². The van der Waals surface area contributed by atoms with E-state index in [0.717, 1.165) is 11.0 Å². The van der Waals surface area contributed by atoms with Gasteiger partial charge in [-0.1, -0.05) is 18.2 Å². The van der Waals surface area contributed by atoms with Gasteiger partial charge < -0.3 is 9.64 Å². The third-order valence-corrected chi connectivity index (χ3v) is 4.29. The van der Waals surface area contributed by atoms with Gasteiger partial charge in [0.1, 0.15) is 5.75 Å². The zero-order valence-corrected chi connectivity index (χ0v) is 14.9. The quantitative estimate of drug-likeness (QED) is 0.750. The highest BCUT2D eigenvalue weighted by atomic mass is 19.4. The van der Waals surface area contributed by atoms with Gasteiger partial charge in [-0.25, -0.2) is 0 Å². The number of rotatable bonds is 4. The summed E-state index contributed by atoms with van der Waals surface area (Å²) in [4.78, 5) is 38.8. The van der Waals surface area contributed by atoms with Crippen LogP contribution >= 0.6 is 0 Å². The molecule has 0 N–H and O–H groups in total. The predicted octanol–water partition coefficient (Wildman–Crippen LogP) is 3.08. The molecule has 0 saturated carbocycles. The molecule has 1 aliphatic heterocycles. The summed E-state index contributed by atoms with van der Waals surface area (Å²) in [6.45, 7) is -0.144. The second kappa shape index (κ2) is 6.99. The summed E-state index contributed by atoms with van der Waals surface area (Å²) >= 11 is 0. The van der Waals surface area contributed by atoms with Crippen LogP contribution in [-0.4, -0.2) is 48.0 Å². The van der Waals surface area contributed by atoms with Crippen molar-refractivity contribution in [2.75, 3.05) is 14.1 Å². The summed E-state index contributed by atoms with van der Waals surface area (Å²) in [7, 11) is 2.76. The van der Waals surface area contributed by atoms with Gasteiger partial charge in [0.2, 0.25) is 0 Å². The number of hydrogen-bond donors (Lipinski definition) is 0. The average Bonchev–Trinajstić information content (AvgIpc) is 2.85. The molecule has 2 aromatic carbocycles. The Morgan fingerprint density at radius 1 is 1.07 bits per heavy atom. The minimum Gasteiger partial charge on any atom is -0.405 e. The zero-order valence-electron chi connectivity index (χ0n) is 14.9. The number of amides is 3. The minimum absolute atomic E-state index is 0.118. The smallest absolute Gasteiger partial charge is 0.405 e. The molecule has 0 radical (unpaired) electrons. The second-order valence-corrected chi connectivity index (χ2v) is 6.25. The lowest BCUT2D eigenvalue weighted by molar-refractivity contribution is -0.275. The van der Waals surface area contributed by atoms with Crippen LogP contribution in [0.1, 0.15) is 36.6 Å². The fraction of sp³-hybridized carbons (Fsp3) is 0.211. The van der Waals surface area contributed by atoms with Crippen molar-refractivity contribution in [3.8, 4) is 5.75 Å². The van der Waals surface area contributed by atoms with E-state index < -0.39 is 29.8 Å². The molecule has 0 fully saturated rings. The Morgan fingerprint density at radius 2 is 1.71 bits per heavy atom. The van der Waals surface area contributed by atoms with Crippen molar-refractivity contribution >= 4 is 17.7 Å². The normalized spacial score (nSPS) is 13.5. The number of nitrogens with zero attached hydrogens (tertiary/aromatic N) is 2. The summed E-state index contributed by atoms with van der Waals surface area (Å²) in [5.41, 5.74) is 0.637. The molecular formula is C19H15F3N2O4. The lowest BCUT2D eigenvalue weighted by Crippen LogP contribution is -2.27. The van der Waals surface area contributed by atoms with E-state index in [4.69, 9.17) is 0 Å². The van der Waals surface area contributed by atoms with Gasteiger partial charge >= 0.3 is 6.36 Å². The van der Waals surface area contributed by atoms with Crippen molar-refractivity contribution < 1.29 is 32.3 Å². The molecule has 0 bridgehead atoms. The minimum atomic E-state index is -4.85. The lowest BCUT2D eigenvalue weighted by Gasteiger charge is -2.20. The van der Waals surface area contributed by atoms with Crippen molar-refractivity contribution in [2.45, 2.75) is 12.9 Å². The maximum Gasteiger partial charge on any atom is 0.573 e. The van der Waals surface area contributed by atoms with Crippen LogP contribution in [0, 0.1) is 0 Å². The molecule has 2 aromatic rings. The van der Waals surface area contributed by atoms with Crippen LogP contribution in [0.15, 0.2) is 42.5 Å². The van der Waals surface area contributed by atoms with Gasteiger partial charge in [-0.05, 0) is 24.3 Å². The van der Waals surface area contributed by atoms with Gasteiger partial charge in [0.05, 0.1) is 11.1 Å². The number of alkyl halides is 3. The molecule has 0 aromatic heterocycles. The van der Waals surface area contributed by atoms with E-state index in [2.05, 4.69) is 4.74 Å². The molecule has 3 rings (SSSR count). The van der Waals surface area contributed by atoms with Crippen molar-refractivity contribution in [3.05, 3.63) is 64.7 Å². The standard InChI is InChI=1S/C19H15F3N2O4/c1-23(10-12-5-3-4-6-15(12)28-19(20,21)22)16(25)11-7-8-13-14(9-11)18(27)24(2)17(13)26/h3-9H,10H2,1-2H3. The Bertz CT molecular complexity index is 972. The summed E-state index contributed by atoms with van der Waals surface area (Å²) in [5.74, 6) is -1.88. The predicted molar refractivity (Wildman–Crippen MR) is 91.8 cm³/mol. The van der Waals surface area contributed by atoms with Gasteiger partial charge in [0, 0.05) is 31.8 Å². The van der Waals surface area contributed by atoms with Gasteiger partial charge in [0.25, 0.3) is 17.7 Å². The van der Waals surface area contributed by atoms with Crippen LogP contribution in [0.2, 0.25) is 0 Å². The molecular weight excluding hydrogens is 377 g/mol. The molecule has 0 saturated heterocycles. The number of carbonyl (C=O) groups is 3. The van der Waals surface area contributed by atoms with Crippen LogP contribution in [0.5, 0.6) is 5.75 Å². The summed E-state index contributed by atoms with van der Waals surface area (Å²) in [6.07, 6.45) is -4.85. The third kappa shape index (κ3) is 3.68. The Labute approximate surface area is 158 Å². The lowest BCUT2D eigenvalue weighted by atomic mass is 10.0. The molecule has 1 heterocycles. The number of halogens is 3. The number of para-hydroxylation sites is 1. The van der Waals surface area contributed by atoms with Crippen LogP contribution in [0.4, 0.5) is 13.2 Å². The molecule has 0 aliphatic carbocycles. The fourth-order valence-corrected chi connectivity index (χ4v) is 2.90. The Kier molecular flexibility index (Phi) is 4.84. The summed E-state index contributed by atoms with van der Waals surface area (Å²) in [6, 6.07) is 9.62. The average molecular weight is 392 g/mol. The number of hydrogen-bond acceptors (Lipinski definition) is 4. The fourth-order valence-electron chi connectivity index (χ4n) is 2.90. The van der Waals surface area contributed by atoms with Gasteiger partial charge in [-0.15, -0.1) is 13.2 Å². The molecule has 6 nitrogen and oxygen atoms in total. The highest BCUT2D eigenvalue weighted by Gasteiger charge is 2.34. The van der Waals surface area contributed by atoms with Gasteiger partial charge in [-0.2, -0.15) is 0 Å². The number of imide groups is 1. The molecule has 0 atom stereocenters. The third-order valence-electron chi connectivity index (χ3n) is 4.29. The first-order chi connectivity index (χ1) is 13.1. The number of carbonyl (C=O) groups excluding carboxylic acids is 3. The number of ether oxygens (including phenoxy) is 1. The number of fused-ring (bicyclic) bond motifs is 1. The molecule has 9 heteroatoms. The maximum absolute atomic E-state index is 12.7. The van der Waals surface area contributed by atoms with Crippen LogP contribution in [0.25, 0.3) is 0 Å². The van der Waals surface area contributed by atoms with Crippen LogP contribution < -0.4 is 4.74 Å². The van der Waals surface area contributed by atoms with Crippen LogP contribution in [0.3, 0.4) is 0 Å². The van der Waals surface area contributed by atoms with Gasteiger partial charge in [-0.3, -0.25) is 19.3 Å². The summed E-state index contributed by atoms with van der Waals surface area (Å²) < 4.78 is 41.6. The molecule has 3 amide bonds. The maximum atomic E-state index is 12.7. The molecule has 0 unspecified atom stereocenters. The highest BCUT2D eigenvalue weighted by molar-refractivity contribution is 6.21. The van der Waals surface area contributed by atoms with Crippen LogP contribution in [-0.2, 0) is 6.54 Å².